The van der Waals surface area contributed by atoms with E-state index in [1.807, 2.05) is 39.8 Å². The van der Waals surface area contributed by atoms with Gasteiger partial charge in [0.15, 0.2) is 0 Å². The number of nitrogens with one attached hydrogen (secondary N) is 1. The van der Waals surface area contributed by atoms with E-state index in [2.05, 4.69) is 0 Å². The van der Waals surface area contributed by atoms with Gasteiger partial charge in [0.1, 0.15) is 5.75 Å². The zero-order valence-corrected chi connectivity index (χ0v) is 13.6. The lowest BCUT2D eigenvalue weighted by atomic mass is 9.86. The minimum absolute atomic E-state index is 0.216. The highest BCUT2D eigenvalue weighted by Gasteiger charge is 2.20. The van der Waals surface area contributed by atoms with Crippen molar-refractivity contribution in [1.29, 1.82) is 5.41 Å². The Hall–Kier alpha value is -1.22. The second-order valence-corrected chi connectivity index (χ2v) is 6.41. The van der Waals surface area contributed by atoms with Gasteiger partial charge in [-0.1, -0.05) is 25.4 Å². The maximum Gasteiger partial charge on any atom is 0.125 e. The van der Waals surface area contributed by atoms with E-state index in [9.17, 15) is 0 Å². The molecule has 0 bridgehead atoms. The van der Waals surface area contributed by atoms with E-state index in [4.69, 9.17) is 27.5 Å². The molecule has 1 rings (SSSR count). The predicted octanol–water partition coefficient (Wildman–Crippen LogP) is 4.47. The van der Waals surface area contributed by atoms with Crippen LogP contribution in [0.4, 0.5) is 0 Å². The first-order valence-corrected chi connectivity index (χ1v) is 7.36. The Morgan fingerprint density at radius 1 is 1.25 bits per heavy atom. The Morgan fingerprint density at radius 3 is 2.30 bits per heavy atom. The summed E-state index contributed by atoms with van der Waals surface area (Å²) < 4.78 is 5.85. The van der Waals surface area contributed by atoms with Crippen LogP contribution < -0.4 is 10.5 Å². The Kier molecular flexibility index (Phi) is 5.88. The summed E-state index contributed by atoms with van der Waals surface area (Å²) in [6.45, 7) is 8.70. The molecule has 3 nitrogen and oxygen atoms in total. The highest BCUT2D eigenvalue weighted by molar-refractivity contribution is 6.30. The first-order chi connectivity index (χ1) is 9.24. The van der Waals surface area contributed by atoms with Gasteiger partial charge in [-0.3, -0.25) is 5.41 Å². The van der Waals surface area contributed by atoms with E-state index in [1.54, 1.807) is 0 Å². The fraction of sp³-hybridized carbons (Fsp3) is 0.562. The van der Waals surface area contributed by atoms with E-state index < -0.39 is 0 Å². The number of hydrogen-bond donors (Lipinski definition) is 2. The molecule has 0 fully saturated rings. The highest BCUT2D eigenvalue weighted by atomic mass is 35.5. The van der Waals surface area contributed by atoms with Crippen LogP contribution >= 0.6 is 11.6 Å². The van der Waals surface area contributed by atoms with Crippen LogP contribution in [0, 0.1) is 24.7 Å². The molecule has 4 heteroatoms. The SMILES string of the molecule is Cc1cc(Cl)cc(C)c1OCCCCC(C)(C)C(=N)N. The van der Waals surface area contributed by atoms with Gasteiger partial charge in [0.2, 0.25) is 0 Å². The van der Waals surface area contributed by atoms with Gasteiger partial charge in [-0.25, -0.2) is 0 Å². The van der Waals surface area contributed by atoms with Gasteiger partial charge in [0.25, 0.3) is 0 Å². The fourth-order valence-electron chi connectivity index (χ4n) is 2.10. The van der Waals surface area contributed by atoms with Gasteiger partial charge in [-0.05, 0) is 56.4 Å². The maximum atomic E-state index is 7.52. The molecule has 0 atom stereocenters. The summed E-state index contributed by atoms with van der Waals surface area (Å²) in [5.74, 6) is 1.18. The molecule has 3 N–H and O–H groups in total. The number of nitrogens with two attached hydrogens (primary N) is 1. The maximum absolute atomic E-state index is 7.52. The molecule has 0 saturated carbocycles. The van der Waals surface area contributed by atoms with Gasteiger partial charge < -0.3 is 10.5 Å². The van der Waals surface area contributed by atoms with Crippen molar-refractivity contribution < 1.29 is 4.74 Å². The number of amidine groups is 1. The molecule has 0 heterocycles. The zero-order valence-electron chi connectivity index (χ0n) is 12.8. The van der Waals surface area contributed by atoms with E-state index in [-0.39, 0.29) is 11.3 Å². The van der Waals surface area contributed by atoms with Crippen molar-refractivity contribution in [2.45, 2.75) is 47.0 Å². The van der Waals surface area contributed by atoms with Crippen LogP contribution in [0.3, 0.4) is 0 Å². The molecule has 0 aliphatic carbocycles. The van der Waals surface area contributed by atoms with E-state index in [0.29, 0.717) is 6.61 Å². The Balaban J connectivity index is 2.41. The first-order valence-electron chi connectivity index (χ1n) is 6.98. The lowest BCUT2D eigenvalue weighted by molar-refractivity contribution is 0.293. The average Bonchev–Trinajstić information content (AvgIpc) is 2.31. The standard InChI is InChI=1S/C16H25ClN2O/c1-11-9-13(17)10-12(2)14(11)20-8-6-5-7-16(3,4)15(18)19/h9-10H,5-8H2,1-4H3,(H3,18,19). The van der Waals surface area contributed by atoms with Crippen LogP contribution in [0.1, 0.15) is 44.2 Å². The quantitative estimate of drug-likeness (QED) is 0.443. The summed E-state index contributed by atoms with van der Waals surface area (Å²) in [6.07, 6.45) is 2.86. The minimum atomic E-state index is -0.216. The van der Waals surface area contributed by atoms with Gasteiger partial charge in [0.05, 0.1) is 12.4 Å². The number of halogens is 1. The largest absolute Gasteiger partial charge is 0.493 e. The molecule has 20 heavy (non-hydrogen) atoms. The van der Waals surface area contributed by atoms with Gasteiger partial charge in [-0.2, -0.15) is 0 Å². The summed E-state index contributed by atoms with van der Waals surface area (Å²) in [5, 5.41) is 8.27. The number of unbranched alkanes of at least 4 members (excludes halogenated alkanes) is 1. The number of aryl methyl sites for hydroxylation is 2. The molecular formula is C16H25ClN2O. The van der Waals surface area contributed by atoms with Crippen molar-refractivity contribution in [2.24, 2.45) is 11.1 Å². The van der Waals surface area contributed by atoms with Crippen molar-refractivity contribution in [1.82, 2.24) is 0 Å². The summed E-state index contributed by atoms with van der Waals surface area (Å²) >= 11 is 6.00. The molecule has 0 unspecified atom stereocenters. The molecule has 0 radical (unpaired) electrons. The zero-order chi connectivity index (χ0) is 15.3. The first kappa shape index (κ1) is 16.8. The predicted molar refractivity (Wildman–Crippen MR) is 86.0 cm³/mol. The molecule has 0 amide bonds. The summed E-state index contributed by atoms with van der Waals surface area (Å²) in [5.41, 5.74) is 7.49. The van der Waals surface area contributed by atoms with E-state index >= 15 is 0 Å². The molecule has 0 aliphatic rings. The van der Waals surface area contributed by atoms with Crippen molar-refractivity contribution in [3.05, 3.63) is 28.3 Å². The second-order valence-electron chi connectivity index (χ2n) is 5.97. The molecule has 0 saturated heterocycles. The topological polar surface area (TPSA) is 59.1 Å². The number of hydrogen-bond acceptors (Lipinski definition) is 2. The van der Waals surface area contributed by atoms with Gasteiger partial charge in [0, 0.05) is 10.4 Å². The van der Waals surface area contributed by atoms with Crippen LogP contribution in [-0.4, -0.2) is 12.4 Å². The molecule has 112 valence electrons. The van der Waals surface area contributed by atoms with E-state index in [0.717, 1.165) is 41.2 Å². The molecule has 0 aromatic heterocycles. The third-order valence-electron chi connectivity index (χ3n) is 3.60. The van der Waals surface area contributed by atoms with Crippen LogP contribution in [0.5, 0.6) is 5.75 Å². The van der Waals surface area contributed by atoms with Crippen LogP contribution in [0.15, 0.2) is 12.1 Å². The van der Waals surface area contributed by atoms with Crippen molar-refractivity contribution in [3.63, 3.8) is 0 Å². The third-order valence-corrected chi connectivity index (χ3v) is 3.81. The molecule has 0 aliphatic heterocycles. The van der Waals surface area contributed by atoms with Gasteiger partial charge in [-0.15, -0.1) is 0 Å². The number of benzene rings is 1. The fourth-order valence-corrected chi connectivity index (χ4v) is 2.43. The molecular weight excluding hydrogens is 272 g/mol. The van der Waals surface area contributed by atoms with Crippen molar-refractivity contribution in [2.75, 3.05) is 6.61 Å². The van der Waals surface area contributed by atoms with Crippen LogP contribution in [-0.2, 0) is 0 Å². The Labute approximate surface area is 127 Å². The van der Waals surface area contributed by atoms with E-state index in [1.165, 1.54) is 0 Å². The minimum Gasteiger partial charge on any atom is -0.493 e. The average molecular weight is 297 g/mol. The summed E-state index contributed by atoms with van der Waals surface area (Å²) in [4.78, 5) is 0. The van der Waals surface area contributed by atoms with Crippen LogP contribution in [0.2, 0.25) is 5.02 Å². The smallest absolute Gasteiger partial charge is 0.125 e. The third kappa shape index (κ3) is 4.71. The normalized spacial score (nSPS) is 11.4. The van der Waals surface area contributed by atoms with Crippen molar-refractivity contribution in [3.8, 4) is 5.75 Å². The monoisotopic (exact) mass is 296 g/mol. The lowest BCUT2D eigenvalue weighted by Crippen LogP contribution is -2.30. The Bertz CT molecular complexity index is 460. The van der Waals surface area contributed by atoms with Gasteiger partial charge >= 0.3 is 0 Å². The lowest BCUT2D eigenvalue weighted by Gasteiger charge is -2.22. The van der Waals surface area contributed by atoms with Crippen molar-refractivity contribution >= 4 is 17.4 Å². The highest BCUT2D eigenvalue weighted by Crippen LogP contribution is 2.27. The molecule has 1 aromatic carbocycles. The number of ether oxygens (including phenoxy) is 1. The summed E-state index contributed by atoms with van der Waals surface area (Å²) in [6, 6.07) is 3.84. The second kappa shape index (κ2) is 6.98. The molecule has 1 aromatic rings. The van der Waals surface area contributed by atoms with Crippen LogP contribution in [0.25, 0.3) is 0 Å². The summed E-state index contributed by atoms with van der Waals surface area (Å²) in [7, 11) is 0. The Morgan fingerprint density at radius 2 is 1.80 bits per heavy atom. The number of rotatable bonds is 7. The molecule has 0 spiro atoms.